The van der Waals surface area contributed by atoms with Crippen molar-refractivity contribution in [3.8, 4) is 0 Å². The lowest BCUT2D eigenvalue weighted by Gasteiger charge is -2.35. The Morgan fingerprint density at radius 3 is 2.38 bits per heavy atom. The minimum absolute atomic E-state index is 0.212. The van der Waals surface area contributed by atoms with Crippen LogP contribution in [0.2, 0.25) is 0 Å². The highest BCUT2D eigenvalue weighted by atomic mass is 16.1. The monoisotopic (exact) mass is 283 g/mol. The molecule has 0 saturated carbocycles. The van der Waals surface area contributed by atoms with Gasteiger partial charge in [-0.1, -0.05) is 18.2 Å². The molecule has 2 aromatic rings. The van der Waals surface area contributed by atoms with Gasteiger partial charge in [-0.25, -0.2) is 0 Å². The topological polar surface area (TPSA) is 28.5 Å². The van der Waals surface area contributed by atoms with Crippen molar-refractivity contribution in [1.29, 1.82) is 0 Å². The van der Waals surface area contributed by atoms with Gasteiger partial charge in [0.05, 0.1) is 6.54 Å². The molecule has 0 radical (unpaired) electrons. The molecular formula is C17H21N3O. The fourth-order valence-electron chi connectivity index (χ4n) is 2.77. The molecule has 4 nitrogen and oxygen atoms in total. The fraction of sp³-hybridized carbons (Fsp3) is 0.353. The average molecular weight is 283 g/mol. The van der Waals surface area contributed by atoms with Crippen molar-refractivity contribution >= 4 is 11.5 Å². The van der Waals surface area contributed by atoms with E-state index in [1.165, 1.54) is 5.69 Å². The van der Waals surface area contributed by atoms with Gasteiger partial charge < -0.3 is 9.47 Å². The van der Waals surface area contributed by atoms with Crippen LogP contribution in [0.3, 0.4) is 0 Å². The van der Waals surface area contributed by atoms with E-state index >= 15 is 0 Å². The maximum absolute atomic E-state index is 12.2. The van der Waals surface area contributed by atoms with Crippen molar-refractivity contribution in [3.05, 3.63) is 54.4 Å². The number of aryl methyl sites for hydroxylation is 1. The molecule has 4 heteroatoms. The van der Waals surface area contributed by atoms with Gasteiger partial charge in [0.2, 0.25) is 0 Å². The first-order valence-electron chi connectivity index (χ1n) is 7.40. The summed E-state index contributed by atoms with van der Waals surface area (Å²) in [6.07, 6.45) is 3.81. The van der Waals surface area contributed by atoms with E-state index in [1.807, 2.05) is 36.1 Å². The number of benzene rings is 1. The molecule has 3 rings (SSSR count). The second-order valence-corrected chi connectivity index (χ2v) is 5.59. The Labute approximate surface area is 125 Å². The lowest BCUT2D eigenvalue weighted by Crippen LogP contribution is -2.47. The molecule has 0 bridgehead atoms. The Kier molecular flexibility index (Phi) is 4.06. The Morgan fingerprint density at radius 1 is 1.05 bits per heavy atom. The van der Waals surface area contributed by atoms with Crippen molar-refractivity contribution in [2.75, 3.05) is 37.6 Å². The molecule has 2 heterocycles. The highest BCUT2D eigenvalue weighted by Gasteiger charge is 2.19. The Balaban J connectivity index is 1.53. The number of rotatable bonds is 4. The molecule has 0 N–H and O–H groups in total. The van der Waals surface area contributed by atoms with Crippen LogP contribution in [-0.2, 0) is 7.05 Å². The number of para-hydroxylation sites is 1. The number of piperazine rings is 1. The first-order valence-corrected chi connectivity index (χ1v) is 7.40. The maximum atomic E-state index is 12.2. The van der Waals surface area contributed by atoms with Gasteiger partial charge in [0.15, 0.2) is 5.78 Å². The molecule has 0 aliphatic carbocycles. The SMILES string of the molecule is Cn1ccc(C(=O)CN2CCN(c3ccccc3)CC2)c1. The first-order chi connectivity index (χ1) is 10.2. The van der Waals surface area contributed by atoms with Crippen LogP contribution in [0.5, 0.6) is 0 Å². The highest BCUT2D eigenvalue weighted by Crippen LogP contribution is 2.15. The van der Waals surface area contributed by atoms with E-state index in [0.717, 1.165) is 31.7 Å². The molecule has 1 saturated heterocycles. The maximum Gasteiger partial charge on any atom is 0.178 e. The molecular weight excluding hydrogens is 262 g/mol. The minimum atomic E-state index is 0.212. The van der Waals surface area contributed by atoms with Gasteiger partial charge in [-0.2, -0.15) is 0 Å². The van der Waals surface area contributed by atoms with Crippen LogP contribution >= 0.6 is 0 Å². The second-order valence-electron chi connectivity index (χ2n) is 5.59. The Bertz CT molecular complexity index is 598. The van der Waals surface area contributed by atoms with Crippen molar-refractivity contribution in [2.24, 2.45) is 7.05 Å². The molecule has 1 aliphatic heterocycles. The van der Waals surface area contributed by atoms with Gasteiger partial charge in [-0.3, -0.25) is 9.69 Å². The Morgan fingerprint density at radius 2 is 1.76 bits per heavy atom. The zero-order valence-corrected chi connectivity index (χ0v) is 12.4. The van der Waals surface area contributed by atoms with E-state index in [2.05, 4.69) is 34.1 Å². The molecule has 1 fully saturated rings. The van der Waals surface area contributed by atoms with Gasteiger partial charge in [0, 0.05) is 56.9 Å². The molecule has 110 valence electrons. The molecule has 0 atom stereocenters. The molecule has 1 aliphatic rings. The largest absolute Gasteiger partial charge is 0.369 e. The smallest absolute Gasteiger partial charge is 0.178 e. The summed E-state index contributed by atoms with van der Waals surface area (Å²) < 4.78 is 1.92. The van der Waals surface area contributed by atoms with Gasteiger partial charge in [0.1, 0.15) is 0 Å². The van der Waals surface area contributed by atoms with E-state index in [9.17, 15) is 4.79 Å². The van der Waals surface area contributed by atoms with Crippen LogP contribution in [0.15, 0.2) is 48.8 Å². The van der Waals surface area contributed by atoms with Crippen molar-refractivity contribution in [2.45, 2.75) is 0 Å². The summed E-state index contributed by atoms with van der Waals surface area (Å²) >= 11 is 0. The number of ketones is 1. The number of anilines is 1. The zero-order valence-electron chi connectivity index (χ0n) is 12.4. The second kappa shape index (κ2) is 6.14. The van der Waals surface area contributed by atoms with E-state index in [4.69, 9.17) is 0 Å². The van der Waals surface area contributed by atoms with Crippen LogP contribution in [-0.4, -0.2) is 48.0 Å². The summed E-state index contributed by atoms with van der Waals surface area (Å²) in [4.78, 5) is 16.8. The highest BCUT2D eigenvalue weighted by molar-refractivity contribution is 5.97. The third kappa shape index (κ3) is 3.34. The van der Waals surface area contributed by atoms with Gasteiger partial charge in [-0.05, 0) is 18.2 Å². The number of carbonyl (C=O) groups excluding carboxylic acids is 1. The normalized spacial score (nSPS) is 16.1. The summed E-state index contributed by atoms with van der Waals surface area (Å²) in [5.41, 5.74) is 2.08. The first kappa shape index (κ1) is 13.9. The van der Waals surface area contributed by atoms with Crippen molar-refractivity contribution < 1.29 is 4.79 Å². The number of hydrogen-bond donors (Lipinski definition) is 0. The number of nitrogens with zero attached hydrogens (tertiary/aromatic N) is 3. The molecule has 1 aromatic carbocycles. The summed E-state index contributed by atoms with van der Waals surface area (Å²) in [5, 5.41) is 0. The fourth-order valence-corrected chi connectivity index (χ4v) is 2.77. The minimum Gasteiger partial charge on any atom is -0.369 e. The third-order valence-corrected chi connectivity index (χ3v) is 4.01. The van der Waals surface area contributed by atoms with Gasteiger partial charge in [-0.15, -0.1) is 0 Å². The van der Waals surface area contributed by atoms with Crippen molar-refractivity contribution in [1.82, 2.24) is 9.47 Å². The summed E-state index contributed by atoms with van der Waals surface area (Å²) in [7, 11) is 1.94. The quantitative estimate of drug-likeness (QED) is 0.804. The van der Waals surface area contributed by atoms with Gasteiger partial charge >= 0.3 is 0 Å². The zero-order chi connectivity index (χ0) is 14.7. The Hall–Kier alpha value is -2.07. The molecule has 0 amide bonds. The molecule has 1 aromatic heterocycles. The predicted molar refractivity (Wildman–Crippen MR) is 84.8 cm³/mol. The van der Waals surface area contributed by atoms with E-state index in [-0.39, 0.29) is 5.78 Å². The molecule has 21 heavy (non-hydrogen) atoms. The van der Waals surface area contributed by atoms with Crippen molar-refractivity contribution in [3.63, 3.8) is 0 Å². The molecule has 0 unspecified atom stereocenters. The van der Waals surface area contributed by atoms with Crippen LogP contribution in [0.4, 0.5) is 5.69 Å². The standard InChI is InChI=1S/C17H21N3O/c1-18-8-7-15(13-18)17(21)14-19-9-11-20(12-10-19)16-5-3-2-4-6-16/h2-8,13H,9-12,14H2,1H3. The van der Waals surface area contributed by atoms with E-state index < -0.39 is 0 Å². The lowest BCUT2D eigenvalue weighted by atomic mass is 10.2. The number of carbonyl (C=O) groups is 1. The number of hydrogen-bond acceptors (Lipinski definition) is 3. The summed E-state index contributed by atoms with van der Waals surface area (Å²) in [5.74, 6) is 0.212. The van der Waals surface area contributed by atoms with Crippen LogP contribution in [0, 0.1) is 0 Å². The summed E-state index contributed by atoms with van der Waals surface area (Å²) in [6, 6.07) is 12.4. The third-order valence-electron chi connectivity index (χ3n) is 4.01. The van der Waals surface area contributed by atoms with Gasteiger partial charge in [0.25, 0.3) is 0 Å². The van der Waals surface area contributed by atoms with E-state index in [1.54, 1.807) is 0 Å². The number of Topliss-reactive ketones (excluding diaryl/α,β-unsaturated/α-hetero) is 1. The van der Waals surface area contributed by atoms with Crippen LogP contribution in [0.1, 0.15) is 10.4 Å². The average Bonchev–Trinajstić information content (AvgIpc) is 2.96. The lowest BCUT2D eigenvalue weighted by molar-refractivity contribution is 0.0926. The predicted octanol–water partition coefficient (Wildman–Crippen LogP) is 2.03. The van der Waals surface area contributed by atoms with Crippen LogP contribution < -0.4 is 4.90 Å². The van der Waals surface area contributed by atoms with E-state index in [0.29, 0.717) is 6.54 Å². The molecule has 0 spiro atoms. The summed E-state index contributed by atoms with van der Waals surface area (Å²) in [6.45, 7) is 4.35. The number of aromatic nitrogens is 1. The van der Waals surface area contributed by atoms with Crippen LogP contribution in [0.25, 0.3) is 0 Å².